The third-order valence-electron chi connectivity index (χ3n) is 2.91. The number of aliphatic imine (C=N–C) groups is 1. The van der Waals surface area contributed by atoms with Gasteiger partial charge < -0.3 is 26.0 Å². The molecule has 0 saturated heterocycles. The number of amides is 2. The second kappa shape index (κ2) is 9.36. The van der Waals surface area contributed by atoms with Crippen molar-refractivity contribution in [1.82, 2.24) is 16.1 Å². The van der Waals surface area contributed by atoms with E-state index >= 15 is 0 Å². The number of nitrogens with two attached hydrogens (primary N) is 1. The summed E-state index contributed by atoms with van der Waals surface area (Å²) < 4.78 is 37.9. The van der Waals surface area contributed by atoms with E-state index in [9.17, 15) is 32.7 Å². The molecule has 26 heavy (non-hydrogen) atoms. The smallest absolute Gasteiger partial charge is 0.408 e. The van der Waals surface area contributed by atoms with Crippen molar-refractivity contribution in [2.75, 3.05) is 6.54 Å². The lowest BCUT2D eigenvalue weighted by Gasteiger charge is -2.22. The number of carbonyl (C=O) groups is 3. The number of hydrazine groups is 1. The highest BCUT2D eigenvalue weighted by molar-refractivity contribution is 5.97. The van der Waals surface area contributed by atoms with Crippen LogP contribution in [0.1, 0.15) is 16.8 Å². The number of hydrogen-bond donors (Lipinski definition) is 4. The summed E-state index contributed by atoms with van der Waals surface area (Å²) in [5.74, 6) is 1.10. The van der Waals surface area contributed by atoms with Crippen molar-refractivity contribution in [2.45, 2.75) is 18.6 Å². The van der Waals surface area contributed by atoms with Crippen LogP contribution in [0.25, 0.3) is 0 Å². The van der Waals surface area contributed by atoms with Crippen LogP contribution in [-0.2, 0) is 9.59 Å². The van der Waals surface area contributed by atoms with Crippen molar-refractivity contribution in [2.24, 2.45) is 10.8 Å². The van der Waals surface area contributed by atoms with Gasteiger partial charge in [0.25, 0.3) is 5.91 Å². The number of carboxylic acids is 1. The summed E-state index contributed by atoms with van der Waals surface area (Å²) in [6.45, 7) is -0.781. The molecule has 5 N–H and O–H groups in total. The second-order valence-electron chi connectivity index (χ2n) is 4.90. The van der Waals surface area contributed by atoms with E-state index in [0.29, 0.717) is 5.69 Å². The molecule has 1 atom stereocenters. The molecule has 0 bridgehead atoms. The number of benzene rings is 1. The Kier molecular flexibility index (Phi) is 7.52. The van der Waals surface area contributed by atoms with Gasteiger partial charge in [0.15, 0.2) is 0 Å². The Hall–Kier alpha value is -3.15. The van der Waals surface area contributed by atoms with Crippen LogP contribution in [0.2, 0.25) is 0 Å². The minimum atomic E-state index is -4.97. The molecule has 0 aliphatic heterocycles. The highest BCUT2D eigenvalue weighted by atomic mass is 19.4. The third-order valence-corrected chi connectivity index (χ3v) is 2.91. The molecule has 0 spiro atoms. The van der Waals surface area contributed by atoms with Gasteiger partial charge in [0.2, 0.25) is 5.91 Å². The van der Waals surface area contributed by atoms with Gasteiger partial charge in [0.05, 0.1) is 12.2 Å². The minimum absolute atomic E-state index is 0.103. The molecule has 0 aliphatic carbocycles. The van der Waals surface area contributed by atoms with Gasteiger partial charge in [0, 0.05) is 18.0 Å². The molecular formula is C14H15F3N5O4-. The molecule has 1 rings (SSSR count). The Morgan fingerprint density at radius 3 is 2.58 bits per heavy atom. The van der Waals surface area contributed by atoms with Crippen molar-refractivity contribution in [1.29, 1.82) is 0 Å². The average molecular weight is 374 g/mol. The van der Waals surface area contributed by atoms with Crippen molar-refractivity contribution in [3.63, 3.8) is 0 Å². The summed E-state index contributed by atoms with van der Waals surface area (Å²) in [7, 11) is 0. The van der Waals surface area contributed by atoms with Gasteiger partial charge in [-0.15, -0.1) is 0 Å². The maximum atomic E-state index is 12.6. The zero-order valence-electron chi connectivity index (χ0n) is 13.2. The normalized spacial score (nSPS) is 12.5. The number of nitrogens with one attached hydrogen (secondary N) is 3. The van der Waals surface area contributed by atoms with Gasteiger partial charge in [0.1, 0.15) is 12.4 Å². The van der Waals surface area contributed by atoms with E-state index in [1.807, 2.05) is 0 Å². The van der Waals surface area contributed by atoms with Crippen molar-refractivity contribution < 1.29 is 32.7 Å². The highest BCUT2D eigenvalue weighted by Gasteiger charge is 2.40. The predicted octanol–water partition coefficient (Wildman–Crippen LogP) is -1.27. The van der Waals surface area contributed by atoms with Gasteiger partial charge in [-0.05, 0) is 18.2 Å². The van der Waals surface area contributed by atoms with Gasteiger partial charge in [-0.3, -0.25) is 9.59 Å². The summed E-state index contributed by atoms with van der Waals surface area (Å²) >= 11 is 0. The Labute approximate surface area is 145 Å². The van der Waals surface area contributed by atoms with E-state index in [0.717, 1.165) is 0 Å². The lowest BCUT2D eigenvalue weighted by atomic mass is 10.2. The molecule has 0 heterocycles. The topological polar surface area (TPSA) is 149 Å². The largest absolute Gasteiger partial charge is 0.550 e. The lowest BCUT2D eigenvalue weighted by Crippen LogP contribution is -2.51. The first kappa shape index (κ1) is 20.9. The van der Waals surface area contributed by atoms with E-state index in [1.165, 1.54) is 29.9 Å². The van der Waals surface area contributed by atoms with Gasteiger partial charge >= 0.3 is 6.18 Å². The fourth-order valence-electron chi connectivity index (χ4n) is 1.76. The molecule has 0 saturated carbocycles. The molecule has 0 aliphatic rings. The highest BCUT2D eigenvalue weighted by Crippen LogP contribution is 2.22. The molecule has 0 aromatic heterocycles. The monoisotopic (exact) mass is 374 g/mol. The minimum Gasteiger partial charge on any atom is -0.550 e. The predicted molar refractivity (Wildman–Crippen MR) is 81.9 cm³/mol. The van der Waals surface area contributed by atoms with Crippen LogP contribution in [0.15, 0.2) is 29.3 Å². The Balaban J connectivity index is 2.64. The second-order valence-corrected chi connectivity index (χ2v) is 4.90. The zero-order chi connectivity index (χ0) is 19.7. The summed E-state index contributed by atoms with van der Waals surface area (Å²) in [5.41, 5.74) is 2.64. The summed E-state index contributed by atoms with van der Waals surface area (Å²) in [5, 5.41) is 13.9. The molecule has 12 heteroatoms. The van der Waals surface area contributed by atoms with E-state index in [-0.39, 0.29) is 5.56 Å². The van der Waals surface area contributed by atoms with Crippen LogP contribution in [-0.4, -0.2) is 42.9 Å². The number of halogens is 3. The number of alkyl halides is 3. The van der Waals surface area contributed by atoms with Crippen molar-refractivity contribution >= 4 is 29.8 Å². The Morgan fingerprint density at radius 2 is 2.00 bits per heavy atom. The summed E-state index contributed by atoms with van der Waals surface area (Å²) in [4.78, 5) is 37.7. The number of aliphatic carboxylic acids is 1. The molecule has 9 nitrogen and oxygen atoms in total. The van der Waals surface area contributed by atoms with Crippen molar-refractivity contribution in [3.05, 3.63) is 29.8 Å². The zero-order valence-corrected chi connectivity index (χ0v) is 13.2. The molecule has 1 unspecified atom stereocenters. The number of carbonyl (C=O) groups excluding carboxylic acids is 3. The fourth-order valence-corrected chi connectivity index (χ4v) is 1.76. The van der Waals surface area contributed by atoms with E-state index < -0.39 is 43.0 Å². The molecule has 0 radical (unpaired) electrons. The quantitative estimate of drug-likeness (QED) is 0.193. The Morgan fingerprint density at radius 1 is 1.31 bits per heavy atom. The standard InChI is InChI=1S/C14H16F3N5O4/c15-14(16,17)10(5-12(24)25)22-11(23)6-19-13(26)8-2-1-3-9(4-8)20-7-21-18/h1-4,7,10H,5-6,18H2,(H,19,26)(H,20,21)(H,22,23)(H,24,25)/p-1. The maximum absolute atomic E-state index is 12.6. The molecule has 1 aromatic carbocycles. The molecule has 0 fully saturated rings. The first-order valence-electron chi connectivity index (χ1n) is 7.06. The van der Waals surface area contributed by atoms with E-state index in [2.05, 4.69) is 15.7 Å². The fraction of sp³-hybridized carbons (Fsp3) is 0.286. The molecular weight excluding hydrogens is 359 g/mol. The van der Waals surface area contributed by atoms with Crippen molar-refractivity contribution in [3.8, 4) is 0 Å². The maximum Gasteiger partial charge on any atom is 0.408 e. The Bertz CT molecular complexity index is 693. The number of nitrogens with zero attached hydrogens (tertiary/aromatic N) is 1. The van der Waals surface area contributed by atoms with Crippen LogP contribution in [0.4, 0.5) is 18.9 Å². The van der Waals surface area contributed by atoms with E-state index in [4.69, 9.17) is 5.84 Å². The first-order chi connectivity index (χ1) is 12.1. The number of hydrogen-bond acceptors (Lipinski definition) is 6. The van der Waals surface area contributed by atoms with Crippen LogP contribution < -0.4 is 27.0 Å². The number of rotatable bonds is 8. The molecule has 142 valence electrons. The number of carboxylic acid groups (broad SMARTS) is 1. The summed E-state index contributed by atoms with van der Waals surface area (Å²) in [6.07, 6.45) is -5.24. The summed E-state index contributed by atoms with van der Waals surface area (Å²) in [6, 6.07) is 3.20. The van der Waals surface area contributed by atoms with Gasteiger partial charge in [-0.1, -0.05) is 6.07 Å². The van der Waals surface area contributed by atoms with E-state index in [1.54, 1.807) is 6.07 Å². The first-order valence-corrected chi connectivity index (χ1v) is 7.06. The SMILES string of the molecule is NNC=Nc1cccc(C(=O)NCC(=O)NC(CC(=O)[O-])C(F)(F)F)c1. The van der Waals surface area contributed by atoms with Crippen LogP contribution in [0, 0.1) is 0 Å². The third kappa shape index (κ3) is 7.17. The lowest BCUT2D eigenvalue weighted by molar-refractivity contribution is -0.308. The van der Waals surface area contributed by atoms with Crippen LogP contribution >= 0.6 is 0 Å². The molecule has 2 amide bonds. The van der Waals surface area contributed by atoms with Gasteiger partial charge in [-0.25, -0.2) is 10.8 Å². The van der Waals surface area contributed by atoms with Crippen LogP contribution in [0.5, 0.6) is 0 Å². The van der Waals surface area contributed by atoms with Gasteiger partial charge in [-0.2, -0.15) is 13.2 Å². The average Bonchev–Trinajstić information content (AvgIpc) is 2.56. The van der Waals surface area contributed by atoms with Crippen LogP contribution in [0.3, 0.4) is 0 Å². The molecule has 1 aromatic rings.